The topological polar surface area (TPSA) is 96.6 Å². The molecule has 0 radical (unpaired) electrons. The molecular formula is C30H38N4O5. The average Bonchev–Trinajstić information content (AvgIpc) is 3.40. The zero-order valence-corrected chi connectivity index (χ0v) is 23.4. The number of fused-ring (bicyclic) bond motifs is 1. The van der Waals surface area contributed by atoms with E-state index in [9.17, 15) is 14.7 Å². The normalized spacial score (nSPS) is 17.0. The number of aryl methyl sites for hydroxylation is 1. The van der Waals surface area contributed by atoms with Gasteiger partial charge in [0.2, 0.25) is 0 Å². The third kappa shape index (κ3) is 5.49. The van der Waals surface area contributed by atoms with Gasteiger partial charge in [0.05, 0.1) is 30.5 Å². The fraction of sp³-hybridized carbons (Fsp3) is 0.433. The Kier molecular flexibility index (Phi) is 8.91. The Bertz CT molecular complexity index is 1370. The van der Waals surface area contributed by atoms with Gasteiger partial charge in [-0.25, -0.2) is 4.98 Å². The van der Waals surface area contributed by atoms with Crippen LogP contribution in [-0.4, -0.2) is 75.4 Å². The maximum absolute atomic E-state index is 13.6. The molecule has 1 aliphatic heterocycles. The van der Waals surface area contributed by atoms with Gasteiger partial charge in [-0.05, 0) is 76.7 Å². The number of hydrogen-bond acceptors (Lipinski definition) is 7. The van der Waals surface area contributed by atoms with Crippen LogP contribution in [-0.2, 0) is 9.59 Å². The van der Waals surface area contributed by atoms with Crippen LogP contribution in [0.2, 0.25) is 0 Å². The summed E-state index contributed by atoms with van der Waals surface area (Å²) in [5.74, 6) is -0.472. The lowest BCUT2D eigenvalue weighted by Crippen LogP contribution is -2.33. The van der Waals surface area contributed by atoms with Gasteiger partial charge in [0, 0.05) is 12.7 Å². The molecule has 0 aliphatic carbocycles. The highest BCUT2D eigenvalue weighted by molar-refractivity contribution is 6.46. The number of ketones is 1. The number of hydrogen-bond donors (Lipinski definition) is 1. The number of Topliss-reactive ketones (excluding diaryl/α,β-unsaturated/α-hetero) is 1. The lowest BCUT2D eigenvalue weighted by molar-refractivity contribution is -0.140. The molecule has 9 heteroatoms. The molecule has 208 valence electrons. The fourth-order valence-corrected chi connectivity index (χ4v) is 5.23. The van der Waals surface area contributed by atoms with E-state index in [0.29, 0.717) is 60.3 Å². The van der Waals surface area contributed by atoms with Crippen LogP contribution < -0.4 is 9.47 Å². The highest BCUT2D eigenvalue weighted by Gasteiger charge is 2.46. The van der Waals surface area contributed by atoms with Crippen molar-refractivity contribution in [2.45, 2.75) is 47.1 Å². The monoisotopic (exact) mass is 534 g/mol. The molecule has 1 atom stereocenters. The molecule has 2 aromatic heterocycles. The van der Waals surface area contributed by atoms with E-state index in [1.807, 2.05) is 38.1 Å². The summed E-state index contributed by atoms with van der Waals surface area (Å²) in [6.45, 7) is 13.6. The van der Waals surface area contributed by atoms with Crippen molar-refractivity contribution < 1.29 is 24.2 Å². The first kappa shape index (κ1) is 28.2. The molecule has 1 fully saturated rings. The van der Waals surface area contributed by atoms with Crippen LogP contribution in [0.3, 0.4) is 0 Å². The van der Waals surface area contributed by atoms with Crippen LogP contribution in [0, 0.1) is 6.92 Å². The molecule has 1 unspecified atom stereocenters. The van der Waals surface area contributed by atoms with Crippen molar-refractivity contribution in [3.8, 4) is 11.5 Å². The molecule has 4 rings (SSSR count). The summed E-state index contributed by atoms with van der Waals surface area (Å²) in [6.07, 6.45) is 2.47. The summed E-state index contributed by atoms with van der Waals surface area (Å²) in [4.78, 5) is 35.4. The second-order valence-corrected chi connectivity index (χ2v) is 9.42. The first-order chi connectivity index (χ1) is 18.9. The minimum absolute atomic E-state index is 0.0446. The molecule has 1 aliphatic rings. The van der Waals surface area contributed by atoms with Crippen LogP contribution in [0.1, 0.15) is 57.1 Å². The minimum Gasteiger partial charge on any atom is -0.505 e. The third-order valence-electron chi connectivity index (χ3n) is 7.12. The number of likely N-dealkylation sites (tertiary alicyclic amines) is 1. The van der Waals surface area contributed by atoms with Gasteiger partial charge in [-0.3, -0.25) is 14.0 Å². The average molecular weight is 535 g/mol. The third-order valence-corrected chi connectivity index (χ3v) is 7.12. The largest absolute Gasteiger partial charge is 0.505 e. The van der Waals surface area contributed by atoms with Gasteiger partial charge in [0.15, 0.2) is 17.3 Å². The Morgan fingerprint density at radius 2 is 1.74 bits per heavy atom. The number of aliphatic hydroxyl groups excluding tert-OH is 1. The SMILES string of the molecule is CCOc1ccc(C2C(=C(O)c3c(C)nc4ccccn34)C(=O)C(=O)N2CCCN(CC)CC)cc1OCC. The van der Waals surface area contributed by atoms with E-state index in [1.165, 1.54) is 0 Å². The summed E-state index contributed by atoms with van der Waals surface area (Å²) in [7, 11) is 0. The number of aromatic nitrogens is 2. The number of aliphatic hydroxyl groups is 1. The summed E-state index contributed by atoms with van der Waals surface area (Å²) in [6, 6.07) is 10.1. The van der Waals surface area contributed by atoms with Gasteiger partial charge in [-0.1, -0.05) is 26.0 Å². The zero-order chi connectivity index (χ0) is 28.1. The van der Waals surface area contributed by atoms with E-state index in [2.05, 4.69) is 23.7 Å². The van der Waals surface area contributed by atoms with Crippen molar-refractivity contribution in [2.24, 2.45) is 0 Å². The summed E-state index contributed by atoms with van der Waals surface area (Å²) in [5.41, 5.74) is 2.31. The Hall–Kier alpha value is -3.85. The lowest BCUT2D eigenvalue weighted by atomic mass is 9.95. The number of benzene rings is 1. The van der Waals surface area contributed by atoms with Crippen LogP contribution >= 0.6 is 0 Å². The molecule has 39 heavy (non-hydrogen) atoms. The highest BCUT2D eigenvalue weighted by Crippen LogP contribution is 2.42. The summed E-state index contributed by atoms with van der Waals surface area (Å²) < 4.78 is 13.3. The first-order valence-corrected chi connectivity index (χ1v) is 13.7. The molecule has 1 amide bonds. The van der Waals surface area contributed by atoms with Crippen LogP contribution in [0.25, 0.3) is 11.4 Å². The van der Waals surface area contributed by atoms with Gasteiger partial charge in [0.1, 0.15) is 11.3 Å². The fourth-order valence-electron chi connectivity index (χ4n) is 5.23. The van der Waals surface area contributed by atoms with Gasteiger partial charge in [-0.2, -0.15) is 0 Å². The van der Waals surface area contributed by atoms with E-state index in [4.69, 9.17) is 9.47 Å². The molecule has 1 saturated heterocycles. The predicted octanol–water partition coefficient (Wildman–Crippen LogP) is 4.59. The number of carbonyl (C=O) groups excluding carboxylic acids is 2. The Labute approximate surface area is 229 Å². The molecule has 3 aromatic rings. The van der Waals surface area contributed by atoms with Gasteiger partial charge < -0.3 is 24.4 Å². The standard InChI is InChI=1S/C30H38N4O5/c1-6-32(7-2)16-12-18-34-27(21-14-15-22(38-8-3)23(19-21)39-9-4)25(29(36)30(34)37)28(35)26-20(5)31-24-13-10-11-17-33(24)26/h10-11,13-15,17,19,27,35H,6-9,12,16,18H2,1-5H3. The van der Waals surface area contributed by atoms with Crippen molar-refractivity contribution in [1.82, 2.24) is 19.2 Å². The van der Waals surface area contributed by atoms with Crippen LogP contribution in [0.4, 0.5) is 0 Å². The molecular weight excluding hydrogens is 496 g/mol. The number of rotatable bonds is 12. The minimum atomic E-state index is -0.787. The van der Waals surface area contributed by atoms with E-state index in [1.54, 1.807) is 34.6 Å². The first-order valence-electron chi connectivity index (χ1n) is 13.7. The Morgan fingerprint density at radius 1 is 1.03 bits per heavy atom. The van der Waals surface area contributed by atoms with Crippen molar-refractivity contribution >= 4 is 23.1 Å². The second kappa shape index (κ2) is 12.3. The van der Waals surface area contributed by atoms with Crippen LogP contribution in [0.5, 0.6) is 11.5 Å². The molecule has 3 heterocycles. The molecule has 1 N–H and O–H groups in total. The smallest absolute Gasteiger partial charge is 0.295 e. The van der Waals surface area contributed by atoms with Crippen LogP contribution in [0.15, 0.2) is 48.2 Å². The maximum atomic E-state index is 13.6. The summed E-state index contributed by atoms with van der Waals surface area (Å²) >= 11 is 0. The number of ether oxygens (including phenoxy) is 2. The number of imidazole rings is 1. The number of nitrogens with zero attached hydrogens (tertiary/aromatic N) is 4. The molecule has 0 saturated carbocycles. The predicted molar refractivity (Wildman–Crippen MR) is 150 cm³/mol. The highest BCUT2D eigenvalue weighted by atomic mass is 16.5. The lowest BCUT2D eigenvalue weighted by Gasteiger charge is -2.27. The van der Waals surface area contributed by atoms with Gasteiger partial charge in [-0.15, -0.1) is 0 Å². The maximum Gasteiger partial charge on any atom is 0.295 e. The van der Waals surface area contributed by atoms with Crippen molar-refractivity contribution in [1.29, 1.82) is 0 Å². The Balaban J connectivity index is 1.86. The number of carbonyl (C=O) groups is 2. The van der Waals surface area contributed by atoms with Crippen molar-refractivity contribution in [3.05, 3.63) is 65.1 Å². The van der Waals surface area contributed by atoms with Gasteiger partial charge in [0.25, 0.3) is 11.7 Å². The zero-order valence-electron chi connectivity index (χ0n) is 23.4. The number of pyridine rings is 1. The van der Waals surface area contributed by atoms with E-state index >= 15 is 0 Å². The quantitative estimate of drug-likeness (QED) is 0.206. The molecule has 1 aromatic carbocycles. The molecule has 9 nitrogen and oxygen atoms in total. The van der Waals surface area contributed by atoms with E-state index in [-0.39, 0.29) is 11.3 Å². The van der Waals surface area contributed by atoms with Gasteiger partial charge >= 0.3 is 0 Å². The number of amides is 1. The van der Waals surface area contributed by atoms with E-state index < -0.39 is 17.7 Å². The summed E-state index contributed by atoms with van der Waals surface area (Å²) in [5, 5.41) is 11.7. The van der Waals surface area contributed by atoms with E-state index in [0.717, 1.165) is 19.6 Å². The van der Waals surface area contributed by atoms with Crippen molar-refractivity contribution in [2.75, 3.05) is 39.4 Å². The second-order valence-electron chi connectivity index (χ2n) is 9.42. The molecule has 0 spiro atoms. The Morgan fingerprint density at radius 3 is 2.44 bits per heavy atom. The van der Waals surface area contributed by atoms with Crippen molar-refractivity contribution in [3.63, 3.8) is 0 Å². The molecule has 0 bridgehead atoms.